The quantitative estimate of drug-likeness (QED) is 0.0773. The van der Waals surface area contributed by atoms with E-state index in [1.54, 1.807) is 0 Å². The molecule has 15 nitrogen and oxygen atoms in total. The Morgan fingerprint density at radius 3 is 2.28 bits per heavy atom. The van der Waals surface area contributed by atoms with Gasteiger partial charge in [-0.05, 0) is 48.0 Å². The number of aliphatic hydroxyl groups is 3. The number of hydrogen-bond donors (Lipinski definition) is 7. The van der Waals surface area contributed by atoms with Gasteiger partial charge >= 0.3 is 5.97 Å². The van der Waals surface area contributed by atoms with Crippen molar-refractivity contribution in [3.63, 3.8) is 0 Å². The van der Waals surface area contributed by atoms with Crippen LogP contribution >= 0.6 is 0 Å². The third-order valence-corrected chi connectivity index (χ3v) is 7.32. The number of rotatable bonds is 9. The van der Waals surface area contributed by atoms with Crippen molar-refractivity contribution >= 4 is 23.0 Å². The lowest BCUT2D eigenvalue weighted by Gasteiger charge is -2.41. The van der Waals surface area contributed by atoms with Crippen LogP contribution in [-0.2, 0) is 14.3 Å². The molecule has 4 aromatic rings. The first-order valence-electron chi connectivity index (χ1n) is 13.9. The first kappa shape index (κ1) is 32.9. The summed E-state index contributed by atoms with van der Waals surface area (Å²) in [6, 6.07) is 10.5. The summed E-state index contributed by atoms with van der Waals surface area (Å²) >= 11 is 0. The SMILES string of the molecule is COc1cc(C=CC(=O)O[C@H]2[C@H](Oc3c(-c4ccc(O)cc4)oc4c(O)c(OC)cc(O)c4c3=O)O[C@H](CO)[C@@H](O)[C@@H]2O)ccc1O. The van der Waals surface area contributed by atoms with Gasteiger partial charge in [0.2, 0.25) is 23.2 Å². The molecular weight excluding hydrogens is 624 g/mol. The monoisotopic (exact) mass is 654 g/mol. The highest BCUT2D eigenvalue weighted by molar-refractivity contribution is 5.93. The van der Waals surface area contributed by atoms with Gasteiger partial charge in [-0.25, -0.2) is 4.79 Å². The van der Waals surface area contributed by atoms with Gasteiger partial charge in [-0.1, -0.05) is 6.07 Å². The number of aliphatic hydroxyl groups excluding tert-OH is 3. The van der Waals surface area contributed by atoms with Crippen LogP contribution in [0.2, 0.25) is 0 Å². The van der Waals surface area contributed by atoms with Gasteiger partial charge in [0.25, 0.3) is 0 Å². The van der Waals surface area contributed by atoms with Gasteiger partial charge in [0.15, 0.2) is 34.7 Å². The van der Waals surface area contributed by atoms with Crippen molar-refractivity contribution in [2.24, 2.45) is 0 Å². The highest BCUT2D eigenvalue weighted by Gasteiger charge is 2.48. The predicted molar refractivity (Wildman–Crippen MR) is 161 cm³/mol. The van der Waals surface area contributed by atoms with Crippen LogP contribution in [0.15, 0.2) is 63.8 Å². The molecule has 0 bridgehead atoms. The fourth-order valence-electron chi connectivity index (χ4n) is 4.89. The summed E-state index contributed by atoms with van der Waals surface area (Å²) in [7, 11) is 2.56. The smallest absolute Gasteiger partial charge is 0.331 e. The minimum Gasteiger partial charge on any atom is -0.508 e. The van der Waals surface area contributed by atoms with Gasteiger partial charge in [0.1, 0.15) is 35.2 Å². The maximum Gasteiger partial charge on any atom is 0.331 e. The second-order valence-corrected chi connectivity index (χ2v) is 10.3. The number of carbonyl (C=O) groups excluding carboxylic acids is 1. The number of phenols is 4. The molecule has 248 valence electrons. The Morgan fingerprint density at radius 1 is 0.915 bits per heavy atom. The van der Waals surface area contributed by atoms with Gasteiger partial charge in [-0.3, -0.25) is 4.79 Å². The van der Waals surface area contributed by atoms with Gasteiger partial charge in [0.05, 0.1) is 20.8 Å². The number of esters is 1. The van der Waals surface area contributed by atoms with Crippen LogP contribution in [-0.4, -0.2) is 93.2 Å². The number of fused-ring (bicyclic) bond motifs is 1. The van der Waals surface area contributed by atoms with Gasteiger partial charge in [-0.15, -0.1) is 0 Å². The molecule has 7 N–H and O–H groups in total. The predicted octanol–water partition coefficient (Wildman–Crippen LogP) is 1.74. The Balaban J connectivity index is 1.57. The molecule has 0 amide bonds. The summed E-state index contributed by atoms with van der Waals surface area (Å²) in [5.74, 6) is -3.67. The molecule has 1 aliphatic rings. The molecule has 0 aliphatic carbocycles. The number of aromatic hydroxyl groups is 4. The molecule has 2 heterocycles. The van der Waals surface area contributed by atoms with Crippen molar-refractivity contribution < 1.29 is 68.6 Å². The first-order valence-corrected chi connectivity index (χ1v) is 13.9. The van der Waals surface area contributed by atoms with Gasteiger partial charge < -0.3 is 63.8 Å². The lowest BCUT2D eigenvalue weighted by Crippen LogP contribution is -2.61. The molecular formula is C32H30O15. The van der Waals surface area contributed by atoms with Crippen molar-refractivity contribution in [3.05, 3.63) is 70.4 Å². The highest BCUT2D eigenvalue weighted by atomic mass is 16.7. The molecule has 0 spiro atoms. The molecule has 1 saturated heterocycles. The van der Waals surface area contributed by atoms with Crippen LogP contribution in [0.25, 0.3) is 28.4 Å². The Kier molecular flexibility index (Phi) is 9.44. The van der Waals surface area contributed by atoms with E-state index in [0.29, 0.717) is 5.56 Å². The Labute approximate surface area is 265 Å². The average molecular weight is 655 g/mol. The minimum absolute atomic E-state index is 0.130. The van der Waals surface area contributed by atoms with E-state index in [1.165, 1.54) is 62.8 Å². The van der Waals surface area contributed by atoms with E-state index in [-0.39, 0.29) is 34.3 Å². The van der Waals surface area contributed by atoms with E-state index in [1.807, 2.05) is 0 Å². The molecule has 47 heavy (non-hydrogen) atoms. The summed E-state index contributed by atoms with van der Waals surface area (Å²) in [4.78, 5) is 26.8. The molecule has 0 unspecified atom stereocenters. The van der Waals surface area contributed by atoms with Crippen LogP contribution in [0.5, 0.6) is 40.2 Å². The maximum atomic E-state index is 13.9. The zero-order valence-corrected chi connectivity index (χ0v) is 24.8. The van der Waals surface area contributed by atoms with Crippen molar-refractivity contribution in [3.8, 4) is 51.6 Å². The van der Waals surface area contributed by atoms with E-state index >= 15 is 0 Å². The lowest BCUT2D eigenvalue weighted by atomic mass is 9.99. The van der Waals surface area contributed by atoms with Crippen molar-refractivity contribution in [2.45, 2.75) is 30.7 Å². The molecule has 1 fully saturated rings. The Morgan fingerprint density at radius 2 is 1.62 bits per heavy atom. The van der Waals surface area contributed by atoms with E-state index in [9.17, 15) is 45.3 Å². The summed E-state index contributed by atoms with van der Waals surface area (Å²) in [6.07, 6.45) is -6.50. The molecule has 5 rings (SSSR count). The average Bonchev–Trinajstić information content (AvgIpc) is 3.06. The minimum atomic E-state index is -1.90. The fourth-order valence-corrected chi connectivity index (χ4v) is 4.89. The summed E-state index contributed by atoms with van der Waals surface area (Å²) in [6.45, 7) is -0.813. The Bertz CT molecular complexity index is 1860. The van der Waals surface area contributed by atoms with E-state index < -0.39 is 76.9 Å². The zero-order valence-electron chi connectivity index (χ0n) is 24.8. The largest absolute Gasteiger partial charge is 0.508 e. The van der Waals surface area contributed by atoms with Crippen LogP contribution in [0.4, 0.5) is 0 Å². The molecule has 3 aromatic carbocycles. The van der Waals surface area contributed by atoms with E-state index in [4.69, 9.17) is 28.1 Å². The first-order chi connectivity index (χ1) is 22.5. The number of benzene rings is 3. The van der Waals surface area contributed by atoms with Crippen LogP contribution < -0.4 is 19.6 Å². The second-order valence-electron chi connectivity index (χ2n) is 10.3. The number of methoxy groups -OCH3 is 2. The number of carbonyl (C=O) groups is 1. The molecule has 1 aromatic heterocycles. The van der Waals surface area contributed by atoms with E-state index in [2.05, 4.69) is 0 Å². The third kappa shape index (κ3) is 6.45. The molecule has 0 saturated carbocycles. The molecule has 15 heteroatoms. The maximum absolute atomic E-state index is 13.9. The van der Waals surface area contributed by atoms with Gasteiger partial charge in [-0.2, -0.15) is 0 Å². The normalized spacial score (nSPS) is 21.1. The molecule has 0 radical (unpaired) electrons. The zero-order chi connectivity index (χ0) is 34.0. The number of hydrogen-bond acceptors (Lipinski definition) is 15. The summed E-state index contributed by atoms with van der Waals surface area (Å²) < 4.78 is 32.9. The standard InChI is InChI=1S/C32H30O15/c1-42-19-11-14(3-9-17(19)35)4-10-22(37)45-31-27(41)24(38)21(13-33)44-32(31)47-30-26(40)23-18(36)12-20(43-2)25(39)29(23)46-28(30)15-5-7-16(34)8-6-15/h3-12,21,24,27,31-36,38-39,41H,13H2,1-2H3/t21-,24-,27+,31-,32+/m1/s1. The third-order valence-electron chi connectivity index (χ3n) is 7.32. The van der Waals surface area contributed by atoms with Crippen molar-refractivity contribution in [1.29, 1.82) is 0 Å². The summed E-state index contributed by atoms with van der Waals surface area (Å²) in [5, 5.41) is 71.8. The van der Waals surface area contributed by atoms with Gasteiger partial charge in [0, 0.05) is 17.7 Å². The van der Waals surface area contributed by atoms with Crippen LogP contribution in [0.1, 0.15) is 5.56 Å². The van der Waals surface area contributed by atoms with Crippen molar-refractivity contribution in [2.75, 3.05) is 20.8 Å². The molecule has 5 atom stereocenters. The number of phenolic OH excluding ortho intramolecular Hbond substituents is 4. The van der Waals surface area contributed by atoms with Crippen LogP contribution in [0, 0.1) is 0 Å². The Hall–Kier alpha value is -5.48. The number of ether oxygens (including phenoxy) is 5. The molecule has 1 aliphatic heterocycles. The summed E-state index contributed by atoms with van der Waals surface area (Å²) in [5.41, 5.74) is -0.957. The second kappa shape index (κ2) is 13.5. The van der Waals surface area contributed by atoms with Crippen LogP contribution in [0.3, 0.4) is 0 Å². The lowest BCUT2D eigenvalue weighted by molar-refractivity contribution is -0.281. The highest BCUT2D eigenvalue weighted by Crippen LogP contribution is 2.43. The fraction of sp³-hybridized carbons (Fsp3) is 0.250. The topological polar surface area (TPSA) is 235 Å². The van der Waals surface area contributed by atoms with E-state index in [0.717, 1.165) is 12.1 Å². The van der Waals surface area contributed by atoms with Crippen molar-refractivity contribution in [1.82, 2.24) is 0 Å².